The van der Waals surface area contributed by atoms with Gasteiger partial charge >= 0.3 is 0 Å². The molecule has 0 aromatic carbocycles. The number of carbonyl (C=O) groups is 1. The van der Waals surface area contributed by atoms with Crippen molar-refractivity contribution in [2.45, 2.75) is 58.0 Å². The molecule has 1 aliphatic carbocycles. The molecule has 0 radical (unpaired) electrons. The Morgan fingerprint density at radius 1 is 1.43 bits per heavy atom. The van der Waals surface area contributed by atoms with Crippen molar-refractivity contribution in [3.63, 3.8) is 0 Å². The molecule has 1 rings (SSSR count). The molecule has 3 N–H and O–H groups in total. The topological polar surface area (TPSA) is 55.1 Å². The number of carbonyl (C=O) groups excluding carboxylic acids is 1. The average Bonchev–Trinajstić information content (AvgIpc) is 2.87. The van der Waals surface area contributed by atoms with E-state index in [4.69, 9.17) is 5.73 Å². The summed E-state index contributed by atoms with van der Waals surface area (Å²) in [5, 5.41) is 3.02. The quantitative estimate of drug-likeness (QED) is 0.678. The molecular weight excluding hydrogens is 176 g/mol. The predicted molar refractivity (Wildman–Crippen MR) is 57.8 cm³/mol. The van der Waals surface area contributed by atoms with Gasteiger partial charge in [0, 0.05) is 18.0 Å². The van der Waals surface area contributed by atoms with Gasteiger partial charge in [0.15, 0.2) is 0 Å². The van der Waals surface area contributed by atoms with Gasteiger partial charge in [-0.25, -0.2) is 0 Å². The van der Waals surface area contributed by atoms with Crippen LogP contribution in [0.3, 0.4) is 0 Å². The summed E-state index contributed by atoms with van der Waals surface area (Å²) in [7, 11) is 0. The third-order valence-corrected chi connectivity index (χ3v) is 2.67. The number of rotatable bonds is 6. The van der Waals surface area contributed by atoms with E-state index in [1.54, 1.807) is 0 Å². The summed E-state index contributed by atoms with van der Waals surface area (Å²) in [6, 6.07) is 0.743. The molecule has 1 amide bonds. The lowest BCUT2D eigenvalue weighted by Gasteiger charge is -2.12. The molecule has 0 bridgehead atoms. The smallest absolute Gasteiger partial charge is 0.223 e. The second-order valence-electron chi connectivity index (χ2n) is 4.59. The Bertz CT molecular complexity index is 188. The van der Waals surface area contributed by atoms with Crippen molar-refractivity contribution in [1.29, 1.82) is 0 Å². The first-order chi connectivity index (χ1) is 6.59. The minimum atomic E-state index is 0.148. The van der Waals surface area contributed by atoms with Crippen LogP contribution in [0.15, 0.2) is 0 Å². The van der Waals surface area contributed by atoms with Crippen molar-refractivity contribution < 1.29 is 4.79 Å². The Morgan fingerprint density at radius 3 is 2.57 bits per heavy atom. The average molecular weight is 198 g/mol. The van der Waals surface area contributed by atoms with E-state index >= 15 is 0 Å². The molecule has 1 fully saturated rings. The molecule has 0 spiro atoms. The number of hydrogen-bond acceptors (Lipinski definition) is 2. The Hall–Kier alpha value is -0.570. The Labute approximate surface area is 86.4 Å². The molecule has 0 saturated heterocycles. The van der Waals surface area contributed by atoms with Crippen molar-refractivity contribution in [3.8, 4) is 0 Å². The maximum absolute atomic E-state index is 11.5. The zero-order chi connectivity index (χ0) is 10.6. The molecule has 2 unspecified atom stereocenters. The third kappa shape index (κ3) is 4.61. The van der Waals surface area contributed by atoms with Gasteiger partial charge in [0.25, 0.3) is 0 Å². The second-order valence-corrected chi connectivity index (χ2v) is 4.59. The fourth-order valence-corrected chi connectivity index (χ4v) is 1.45. The van der Waals surface area contributed by atoms with Gasteiger partial charge in [0.05, 0.1) is 0 Å². The highest BCUT2D eigenvalue weighted by Crippen LogP contribution is 2.20. The largest absolute Gasteiger partial charge is 0.353 e. The minimum Gasteiger partial charge on any atom is -0.353 e. The van der Waals surface area contributed by atoms with E-state index < -0.39 is 0 Å². The predicted octanol–water partition coefficient (Wildman–Crippen LogP) is 1.42. The van der Waals surface area contributed by atoms with Gasteiger partial charge in [0.2, 0.25) is 5.91 Å². The molecule has 0 heterocycles. The summed E-state index contributed by atoms with van der Waals surface area (Å²) in [6.07, 6.45) is 5.36. The van der Waals surface area contributed by atoms with Crippen molar-refractivity contribution in [2.24, 2.45) is 11.7 Å². The van der Waals surface area contributed by atoms with Crippen molar-refractivity contribution in [2.75, 3.05) is 0 Å². The molecule has 2 atom stereocenters. The fourth-order valence-electron chi connectivity index (χ4n) is 1.45. The molecule has 0 aliphatic heterocycles. The first-order valence-corrected chi connectivity index (χ1v) is 5.65. The second kappa shape index (κ2) is 5.35. The Kier molecular flexibility index (Phi) is 4.39. The highest BCUT2D eigenvalue weighted by atomic mass is 16.1. The summed E-state index contributed by atoms with van der Waals surface area (Å²) in [5.41, 5.74) is 5.64. The summed E-state index contributed by atoms with van der Waals surface area (Å²) in [6.45, 7) is 4.01. The van der Waals surface area contributed by atoms with Crippen LogP contribution in [0.4, 0.5) is 0 Å². The SMILES string of the molecule is CC(N)CCCC(C)C(=O)NC1CC1. The summed E-state index contributed by atoms with van der Waals surface area (Å²) < 4.78 is 0. The lowest BCUT2D eigenvalue weighted by Crippen LogP contribution is -2.31. The molecular formula is C11H22N2O. The highest BCUT2D eigenvalue weighted by molar-refractivity contribution is 5.78. The maximum Gasteiger partial charge on any atom is 0.223 e. The highest BCUT2D eigenvalue weighted by Gasteiger charge is 2.25. The van der Waals surface area contributed by atoms with Gasteiger partial charge in [-0.05, 0) is 32.6 Å². The summed E-state index contributed by atoms with van der Waals surface area (Å²) in [5.74, 6) is 0.367. The van der Waals surface area contributed by atoms with Gasteiger partial charge in [-0.1, -0.05) is 13.3 Å². The molecule has 82 valence electrons. The molecule has 0 aromatic rings. The van der Waals surface area contributed by atoms with E-state index in [9.17, 15) is 4.79 Å². The van der Waals surface area contributed by atoms with Crippen molar-refractivity contribution in [3.05, 3.63) is 0 Å². The van der Waals surface area contributed by atoms with Crippen molar-refractivity contribution in [1.82, 2.24) is 5.32 Å². The number of hydrogen-bond donors (Lipinski definition) is 2. The Morgan fingerprint density at radius 2 is 2.07 bits per heavy atom. The lowest BCUT2D eigenvalue weighted by atomic mass is 10.0. The van der Waals surface area contributed by atoms with Crippen LogP contribution in [0, 0.1) is 5.92 Å². The van der Waals surface area contributed by atoms with Crippen molar-refractivity contribution >= 4 is 5.91 Å². The fraction of sp³-hybridized carbons (Fsp3) is 0.909. The van der Waals surface area contributed by atoms with Gasteiger partial charge in [0.1, 0.15) is 0 Å². The van der Waals surface area contributed by atoms with Gasteiger partial charge < -0.3 is 11.1 Å². The first kappa shape index (κ1) is 11.5. The van der Waals surface area contributed by atoms with E-state index in [2.05, 4.69) is 5.32 Å². The third-order valence-electron chi connectivity index (χ3n) is 2.67. The summed E-state index contributed by atoms with van der Waals surface area (Å²) in [4.78, 5) is 11.5. The van der Waals surface area contributed by atoms with Crippen LogP contribution in [0.2, 0.25) is 0 Å². The van der Waals surface area contributed by atoms with E-state index in [1.165, 1.54) is 0 Å². The maximum atomic E-state index is 11.5. The van der Waals surface area contributed by atoms with E-state index in [1.807, 2.05) is 13.8 Å². The van der Waals surface area contributed by atoms with E-state index in [0.29, 0.717) is 6.04 Å². The van der Waals surface area contributed by atoms with Gasteiger partial charge in [-0.15, -0.1) is 0 Å². The van der Waals surface area contributed by atoms with Crippen LogP contribution in [0.1, 0.15) is 46.0 Å². The zero-order valence-electron chi connectivity index (χ0n) is 9.25. The normalized spacial score (nSPS) is 20.2. The van der Waals surface area contributed by atoms with E-state index in [-0.39, 0.29) is 17.9 Å². The van der Waals surface area contributed by atoms with Gasteiger partial charge in [-0.2, -0.15) is 0 Å². The first-order valence-electron chi connectivity index (χ1n) is 5.65. The van der Waals surface area contributed by atoms with Crippen LogP contribution >= 0.6 is 0 Å². The number of nitrogens with one attached hydrogen (secondary N) is 1. The molecule has 0 aromatic heterocycles. The van der Waals surface area contributed by atoms with Crippen LogP contribution < -0.4 is 11.1 Å². The monoisotopic (exact) mass is 198 g/mol. The number of nitrogens with two attached hydrogens (primary N) is 1. The molecule has 3 nitrogen and oxygen atoms in total. The van der Waals surface area contributed by atoms with Crippen LogP contribution in [0.5, 0.6) is 0 Å². The van der Waals surface area contributed by atoms with Crippen LogP contribution in [0.25, 0.3) is 0 Å². The standard InChI is InChI=1S/C11H22N2O/c1-8(4-3-5-9(2)12)11(14)13-10-6-7-10/h8-10H,3-7,12H2,1-2H3,(H,13,14). The van der Waals surface area contributed by atoms with Crippen LogP contribution in [-0.2, 0) is 4.79 Å². The zero-order valence-corrected chi connectivity index (χ0v) is 9.25. The van der Waals surface area contributed by atoms with Gasteiger partial charge in [-0.3, -0.25) is 4.79 Å². The molecule has 1 saturated carbocycles. The molecule has 3 heteroatoms. The molecule has 1 aliphatic rings. The lowest BCUT2D eigenvalue weighted by molar-refractivity contribution is -0.124. The summed E-state index contributed by atoms with van der Waals surface area (Å²) >= 11 is 0. The Balaban J connectivity index is 2.06. The minimum absolute atomic E-state index is 0.148. The van der Waals surface area contributed by atoms with E-state index in [0.717, 1.165) is 32.1 Å². The van der Waals surface area contributed by atoms with Crippen LogP contribution in [-0.4, -0.2) is 18.0 Å². The molecule has 14 heavy (non-hydrogen) atoms. The number of amides is 1.